The Kier molecular flexibility index (Phi) is 9.82. The first-order valence-electron chi connectivity index (χ1n) is 10.1. The lowest BCUT2D eigenvalue weighted by Gasteiger charge is -2.41. The molecule has 0 unspecified atom stereocenters. The summed E-state index contributed by atoms with van der Waals surface area (Å²) >= 11 is 0. The Morgan fingerprint density at radius 2 is 1.46 bits per heavy atom. The van der Waals surface area contributed by atoms with Crippen LogP contribution in [-0.2, 0) is 11.3 Å². The van der Waals surface area contributed by atoms with Crippen molar-refractivity contribution in [2.24, 2.45) is 0 Å². The van der Waals surface area contributed by atoms with E-state index in [0.29, 0.717) is 6.61 Å². The molecule has 0 atom stereocenters. The molecule has 0 spiro atoms. The lowest BCUT2D eigenvalue weighted by Crippen LogP contribution is -3.00. The van der Waals surface area contributed by atoms with Crippen molar-refractivity contribution in [2.75, 3.05) is 46.1 Å². The summed E-state index contributed by atoms with van der Waals surface area (Å²) in [6.07, 6.45) is 2.23. The monoisotopic (exact) mass is 449 g/mol. The molecule has 1 saturated heterocycles. The van der Waals surface area contributed by atoms with Crippen LogP contribution in [0.2, 0.25) is 0 Å². The maximum atomic E-state index is 6.04. The maximum absolute atomic E-state index is 6.04. The second-order valence-corrected chi connectivity index (χ2v) is 7.29. The van der Waals surface area contributed by atoms with Gasteiger partial charge in [0.2, 0.25) is 0 Å². The summed E-state index contributed by atoms with van der Waals surface area (Å²) in [6, 6.07) is 18.7. The zero-order chi connectivity index (χ0) is 18.8. The van der Waals surface area contributed by atoms with E-state index < -0.39 is 0 Å². The molecule has 28 heavy (non-hydrogen) atoms. The van der Waals surface area contributed by atoms with Crippen molar-refractivity contribution in [2.45, 2.75) is 26.3 Å². The first-order valence-corrected chi connectivity index (χ1v) is 10.1. The predicted octanol–water partition coefficient (Wildman–Crippen LogP) is 1.30. The quantitative estimate of drug-likeness (QED) is 0.404. The number of halogens is 1. The average molecular weight is 450 g/mol. The summed E-state index contributed by atoms with van der Waals surface area (Å²) in [4.78, 5) is 0. The Labute approximate surface area is 179 Å². The fourth-order valence-electron chi connectivity index (χ4n) is 3.49. The molecule has 5 heteroatoms. The van der Waals surface area contributed by atoms with Gasteiger partial charge in [-0.25, -0.2) is 0 Å². The van der Waals surface area contributed by atoms with Crippen LogP contribution in [0.1, 0.15) is 25.3 Å². The number of quaternary nitrogens is 1. The van der Waals surface area contributed by atoms with Crippen molar-refractivity contribution in [3.8, 4) is 11.5 Å². The van der Waals surface area contributed by atoms with Crippen LogP contribution in [-0.4, -0.2) is 50.5 Å². The number of morpholine rings is 1. The summed E-state index contributed by atoms with van der Waals surface area (Å²) in [5.74, 6) is 1.82. The van der Waals surface area contributed by atoms with Gasteiger partial charge in [0, 0.05) is 5.56 Å². The predicted molar refractivity (Wildman–Crippen MR) is 108 cm³/mol. The number of ether oxygens (including phenoxy) is 3. The molecule has 3 rings (SSSR count). The number of rotatable bonds is 10. The molecule has 0 aromatic heterocycles. The van der Waals surface area contributed by atoms with Crippen molar-refractivity contribution >= 4 is 0 Å². The van der Waals surface area contributed by atoms with E-state index >= 15 is 0 Å². The smallest absolute Gasteiger partial charge is 0.137 e. The Morgan fingerprint density at radius 1 is 0.857 bits per heavy atom. The topological polar surface area (TPSA) is 27.7 Å². The Bertz CT molecular complexity index is 657. The molecule has 0 aliphatic carbocycles. The van der Waals surface area contributed by atoms with Crippen molar-refractivity contribution in [3.63, 3.8) is 0 Å². The molecule has 0 N–H and O–H groups in total. The van der Waals surface area contributed by atoms with Crippen LogP contribution in [0.4, 0.5) is 0 Å². The summed E-state index contributed by atoms with van der Waals surface area (Å²) < 4.78 is 18.4. The third-order valence-corrected chi connectivity index (χ3v) is 5.21. The minimum atomic E-state index is 0. The molecule has 1 heterocycles. The van der Waals surface area contributed by atoms with Crippen molar-refractivity contribution in [1.82, 2.24) is 0 Å². The first kappa shape index (κ1) is 22.7. The molecule has 1 fully saturated rings. The van der Waals surface area contributed by atoms with Gasteiger partial charge in [-0.1, -0.05) is 43.7 Å². The van der Waals surface area contributed by atoms with Crippen LogP contribution in [0.3, 0.4) is 0 Å². The molecule has 4 nitrogen and oxygen atoms in total. The first-order chi connectivity index (χ1) is 13.3. The van der Waals surface area contributed by atoms with Crippen molar-refractivity contribution in [3.05, 3.63) is 60.2 Å². The van der Waals surface area contributed by atoms with E-state index in [9.17, 15) is 0 Å². The van der Waals surface area contributed by atoms with Gasteiger partial charge in [-0.05, 0) is 30.7 Å². The lowest BCUT2D eigenvalue weighted by atomic mass is 10.1. The number of unbranched alkanes of at least 4 members (excludes halogenated alkanes) is 1. The summed E-state index contributed by atoms with van der Waals surface area (Å²) in [7, 11) is 0. The SMILES string of the molecule is CCCCOc1ccc(OCC[N+]2(Cc3ccccc3)CCOCC2)cc1.[Br-]. The molecule has 2 aromatic carbocycles. The van der Waals surface area contributed by atoms with Gasteiger partial charge in [0.15, 0.2) is 0 Å². The van der Waals surface area contributed by atoms with Gasteiger partial charge in [-0.3, -0.25) is 0 Å². The zero-order valence-corrected chi connectivity index (χ0v) is 18.4. The fourth-order valence-corrected chi connectivity index (χ4v) is 3.49. The maximum Gasteiger partial charge on any atom is 0.137 e. The second-order valence-electron chi connectivity index (χ2n) is 7.29. The van der Waals surface area contributed by atoms with E-state index in [1.165, 1.54) is 5.56 Å². The van der Waals surface area contributed by atoms with Gasteiger partial charge in [-0.2, -0.15) is 0 Å². The highest BCUT2D eigenvalue weighted by atomic mass is 79.9. The third kappa shape index (κ3) is 7.12. The summed E-state index contributed by atoms with van der Waals surface area (Å²) in [6.45, 7) is 9.44. The van der Waals surface area contributed by atoms with Crippen LogP contribution >= 0.6 is 0 Å². The molecule has 0 bridgehead atoms. The largest absolute Gasteiger partial charge is 1.00 e. The average Bonchev–Trinajstić information content (AvgIpc) is 2.71. The molecule has 2 aromatic rings. The van der Waals surface area contributed by atoms with Gasteiger partial charge >= 0.3 is 0 Å². The highest BCUT2D eigenvalue weighted by Gasteiger charge is 2.30. The normalized spacial score (nSPS) is 15.5. The van der Waals surface area contributed by atoms with E-state index in [1.807, 2.05) is 24.3 Å². The molecule has 154 valence electrons. The second kappa shape index (κ2) is 12.1. The van der Waals surface area contributed by atoms with Crippen molar-refractivity contribution < 1.29 is 35.7 Å². The van der Waals surface area contributed by atoms with E-state index in [1.54, 1.807) is 0 Å². The van der Waals surface area contributed by atoms with E-state index in [4.69, 9.17) is 14.2 Å². The molecular weight excluding hydrogens is 418 g/mol. The molecule has 0 saturated carbocycles. The molecule has 1 aliphatic rings. The molecule has 0 radical (unpaired) electrons. The number of benzene rings is 2. The molecular formula is C23H32BrNO3. The summed E-state index contributed by atoms with van der Waals surface area (Å²) in [5.41, 5.74) is 1.38. The Balaban J connectivity index is 0.00000280. The number of hydrogen-bond donors (Lipinski definition) is 0. The van der Waals surface area contributed by atoms with Gasteiger partial charge in [-0.15, -0.1) is 0 Å². The van der Waals surface area contributed by atoms with Crippen molar-refractivity contribution in [1.29, 1.82) is 0 Å². The minimum absolute atomic E-state index is 0. The van der Waals surface area contributed by atoms with E-state index in [0.717, 1.165) is 74.8 Å². The van der Waals surface area contributed by atoms with Crippen LogP contribution in [0.5, 0.6) is 11.5 Å². The fraction of sp³-hybridized carbons (Fsp3) is 0.478. The standard InChI is InChI=1S/C23H32NO3.BrH/c1-2-3-16-26-22-9-11-23(12-10-22)27-19-15-24(13-17-25-18-14-24)20-21-7-5-4-6-8-21;/h4-12H,2-3,13-20H2,1H3;1H/q+1;/p-1. The number of hydrogen-bond acceptors (Lipinski definition) is 3. The summed E-state index contributed by atoms with van der Waals surface area (Å²) in [5, 5.41) is 0. The zero-order valence-electron chi connectivity index (χ0n) is 16.8. The van der Waals surface area contributed by atoms with Gasteiger partial charge in [0.25, 0.3) is 0 Å². The molecule has 1 aliphatic heterocycles. The van der Waals surface area contributed by atoms with Gasteiger partial charge < -0.3 is 35.7 Å². The van der Waals surface area contributed by atoms with Crippen LogP contribution in [0.25, 0.3) is 0 Å². The lowest BCUT2D eigenvalue weighted by molar-refractivity contribution is -0.947. The van der Waals surface area contributed by atoms with Gasteiger partial charge in [0.1, 0.15) is 44.3 Å². The van der Waals surface area contributed by atoms with Gasteiger partial charge in [0.05, 0.1) is 19.8 Å². The van der Waals surface area contributed by atoms with Crippen LogP contribution in [0.15, 0.2) is 54.6 Å². The van der Waals surface area contributed by atoms with Crippen LogP contribution < -0.4 is 26.5 Å². The van der Waals surface area contributed by atoms with E-state index in [-0.39, 0.29) is 17.0 Å². The highest BCUT2D eigenvalue weighted by Crippen LogP contribution is 2.20. The molecule has 0 amide bonds. The van der Waals surface area contributed by atoms with Crippen LogP contribution in [0, 0.1) is 0 Å². The number of nitrogens with zero attached hydrogens (tertiary/aromatic N) is 1. The van der Waals surface area contributed by atoms with E-state index in [2.05, 4.69) is 37.3 Å². The Morgan fingerprint density at radius 3 is 2.07 bits per heavy atom. The Hall–Kier alpha value is -1.56. The minimum Gasteiger partial charge on any atom is -1.00 e. The highest BCUT2D eigenvalue weighted by molar-refractivity contribution is 5.31. The third-order valence-electron chi connectivity index (χ3n) is 5.21.